The van der Waals surface area contributed by atoms with Crippen LogP contribution in [0.1, 0.15) is 0 Å². The van der Waals surface area contributed by atoms with Gasteiger partial charge in [-0.2, -0.15) is 17.6 Å². The summed E-state index contributed by atoms with van der Waals surface area (Å²) in [6.07, 6.45) is 0. The Hall–Kier alpha value is -4.50. The molecule has 0 spiro atoms. The fourth-order valence-electron chi connectivity index (χ4n) is 4.57. The van der Waals surface area contributed by atoms with E-state index in [4.69, 9.17) is 0 Å². The zero-order valence-corrected chi connectivity index (χ0v) is 20.9. The van der Waals surface area contributed by atoms with Crippen LogP contribution in [0.4, 0.5) is 40.3 Å². The number of hydrogen-bond donors (Lipinski definition) is 0. The van der Waals surface area contributed by atoms with Crippen LogP contribution >= 0.6 is 0 Å². The molecule has 0 unspecified atom stereocenters. The Labute approximate surface area is 224 Å². The van der Waals surface area contributed by atoms with Crippen LogP contribution in [0.3, 0.4) is 0 Å². The van der Waals surface area contributed by atoms with E-state index in [0.717, 1.165) is 0 Å². The summed E-state index contributed by atoms with van der Waals surface area (Å²) < 4.78 is 59.4. The summed E-state index contributed by atoms with van der Waals surface area (Å²) in [7, 11) is 0. The second kappa shape index (κ2) is 10.9. The van der Waals surface area contributed by atoms with E-state index in [2.05, 4.69) is 0 Å². The smallest absolute Gasteiger partial charge is 0.368 e. The van der Waals surface area contributed by atoms with Gasteiger partial charge in [0.25, 0.3) is 23.2 Å². The highest BCUT2D eigenvalue weighted by atomic mass is 19.3. The average molecular weight is 568 g/mol. The van der Waals surface area contributed by atoms with E-state index >= 15 is 0 Å². The largest absolute Gasteiger partial charge is 0.395 e. The van der Waals surface area contributed by atoms with Crippen LogP contribution in [0.2, 0.25) is 0 Å². The van der Waals surface area contributed by atoms with Crippen LogP contribution in [-0.4, -0.2) is 95.7 Å². The molecule has 4 rings (SSSR count). The van der Waals surface area contributed by atoms with Gasteiger partial charge in [-0.25, -0.2) is 0 Å². The maximum absolute atomic E-state index is 14.8. The van der Waals surface area contributed by atoms with E-state index in [1.807, 2.05) is 0 Å². The van der Waals surface area contributed by atoms with Gasteiger partial charge in [0, 0.05) is 88.0 Å². The maximum Gasteiger partial charge on any atom is 0.395 e. The highest BCUT2D eigenvalue weighted by Crippen LogP contribution is 2.38. The van der Waals surface area contributed by atoms with E-state index in [1.165, 1.54) is 48.5 Å². The van der Waals surface area contributed by atoms with Crippen LogP contribution in [0.25, 0.3) is 0 Å². The lowest BCUT2D eigenvalue weighted by atomic mass is 10.1. The number of carbonyl (C=O) groups is 2. The summed E-state index contributed by atoms with van der Waals surface area (Å²) in [4.78, 5) is 49.9. The third-order valence-electron chi connectivity index (χ3n) is 6.92. The number of benzene rings is 2. The zero-order valence-electron chi connectivity index (χ0n) is 20.9. The molecular weight excluding hydrogens is 544 g/mol. The number of anilines is 2. The van der Waals surface area contributed by atoms with Crippen molar-refractivity contribution in [3.63, 3.8) is 0 Å². The molecule has 16 heteroatoms. The molecule has 0 aromatic heterocycles. The minimum atomic E-state index is -5.28. The van der Waals surface area contributed by atoms with E-state index in [-0.39, 0.29) is 63.7 Å². The van der Waals surface area contributed by atoms with Crippen molar-refractivity contribution in [3.8, 4) is 0 Å². The molecule has 2 aromatic rings. The van der Waals surface area contributed by atoms with Crippen molar-refractivity contribution >= 4 is 34.6 Å². The van der Waals surface area contributed by atoms with Crippen molar-refractivity contribution in [1.29, 1.82) is 0 Å². The predicted octanol–water partition coefficient (Wildman–Crippen LogP) is 2.77. The third kappa shape index (κ3) is 5.46. The first-order valence-electron chi connectivity index (χ1n) is 12.2. The van der Waals surface area contributed by atoms with Gasteiger partial charge in [0.05, 0.1) is 9.85 Å². The van der Waals surface area contributed by atoms with Crippen molar-refractivity contribution in [1.82, 2.24) is 9.80 Å². The molecule has 12 nitrogen and oxygen atoms in total. The Morgan fingerprint density at radius 1 is 0.575 bits per heavy atom. The number of hydrogen-bond acceptors (Lipinski definition) is 8. The van der Waals surface area contributed by atoms with Gasteiger partial charge in [-0.15, -0.1) is 0 Å². The molecule has 2 aliphatic rings. The zero-order chi connectivity index (χ0) is 29.2. The van der Waals surface area contributed by atoms with Gasteiger partial charge in [-0.3, -0.25) is 29.8 Å². The number of non-ortho nitro benzene ring substituents is 2. The molecule has 2 saturated heterocycles. The number of nitro groups is 2. The highest BCUT2D eigenvalue weighted by Gasteiger charge is 2.68. The Balaban J connectivity index is 1.34. The van der Waals surface area contributed by atoms with E-state index < -0.39 is 33.5 Å². The molecule has 0 N–H and O–H groups in total. The van der Waals surface area contributed by atoms with E-state index in [9.17, 15) is 47.4 Å². The Morgan fingerprint density at radius 2 is 0.850 bits per heavy atom. The Kier molecular flexibility index (Phi) is 7.79. The van der Waals surface area contributed by atoms with Gasteiger partial charge in [0.1, 0.15) is 0 Å². The molecule has 2 heterocycles. The number of rotatable bonds is 7. The number of alkyl halides is 4. The number of nitro benzene ring substituents is 2. The lowest BCUT2D eigenvalue weighted by Crippen LogP contribution is -2.64. The fraction of sp³-hybridized carbons (Fsp3) is 0.417. The summed E-state index contributed by atoms with van der Waals surface area (Å²) in [5.41, 5.74) is 0.796. The number of carbonyl (C=O) groups excluding carboxylic acids is 2. The van der Waals surface area contributed by atoms with Crippen LogP contribution < -0.4 is 9.80 Å². The lowest BCUT2D eigenvalue weighted by Gasteiger charge is -2.40. The molecule has 2 aliphatic heterocycles. The van der Waals surface area contributed by atoms with Crippen molar-refractivity contribution in [2.75, 3.05) is 62.2 Å². The molecule has 2 aromatic carbocycles. The summed E-state index contributed by atoms with van der Waals surface area (Å²) in [6.45, 7) is -1.19. The van der Waals surface area contributed by atoms with Crippen molar-refractivity contribution in [3.05, 3.63) is 68.8 Å². The summed E-state index contributed by atoms with van der Waals surface area (Å²) in [5, 5.41) is 21.6. The van der Waals surface area contributed by atoms with Gasteiger partial charge in [0.15, 0.2) is 0 Å². The van der Waals surface area contributed by atoms with E-state index in [1.54, 1.807) is 9.80 Å². The molecule has 40 heavy (non-hydrogen) atoms. The predicted molar refractivity (Wildman–Crippen MR) is 134 cm³/mol. The Bertz CT molecular complexity index is 1180. The molecule has 214 valence electrons. The Morgan fingerprint density at radius 3 is 1.10 bits per heavy atom. The summed E-state index contributed by atoms with van der Waals surface area (Å²) in [5.74, 6) is -14.9. The van der Waals surface area contributed by atoms with Crippen LogP contribution in [-0.2, 0) is 9.59 Å². The molecule has 0 atom stereocenters. The quantitative estimate of drug-likeness (QED) is 0.283. The summed E-state index contributed by atoms with van der Waals surface area (Å²) in [6, 6.07) is 10.9. The standard InChI is InChI=1S/C24H24F4N6O6/c25-23(26,21(35)31-13-9-29(10-14-31)17-1-5-19(6-2-17)33(37)38)24(27,28)22(36)32-15-11-30(12-16-32)18-3-7-20(8-4-18)34(39)40/h1-8H,9-16H2. The topological polar surface area (TPSA) is 133 Å². The van der Waals surface area contributed by atoms with Gasteiger partial charge < -0.3 is 19.6 Å². The molecule has 0 bridgehead atoms. The summed E-state index contributed by atoms with van der Waals surface area (Å²) >= 11 is 0. The first kappa shape index (κ1) is 28.5. The minimum Gasteiger partial charge on any atom is -0.368 e. The number of halogens is 4. The van der Waals surface area contributed by atoms with Gasteiger partial charge in [0.2, 0.25) is 0 Å². The molecule has 2 fully saturated rings. The average Bonchev–Trinajstić information content (AvgIpc) is 2.96. The normalized spacial score (nSPS) is 16.6. The second-order valence-electron chi connectivity index (χ2n) is 9.25. The highest BCUT2D eigenvalue weighted by molar-refractivity contribution is 5.95. The SMILES string of the molecule is O=C(N1CCN(c2ccc([N+](=O)[O-])cc2)CC1)C(F)(F)C(F)(F)C(=O)N1CCN(c2ccc([N+](=O)[O-])cc2)CC1. The second-order valence-corrected chi connectivity index (χ2v) is 9.25. The van der Waals surface area contributed by atoms with Gasteiger partial charge >= 0.3 is 11.8 Å². The molecular formula is C24H24F4N6O6. The molecule has 2 amide bonds. The minimum absolute atomic E-state index is 0.0176. The van der Waals surface area contributed by atoms with Gasteiger partial charge in [-0.05, 0) is 24.3 Å². The molecule has 0 radical (unpaired) electrons. The monoisotopic (exact) mass is 568 g/mol. The van der Waals surface area contributed by atoms with Crippen LogP contribution in [0.15, 0.2) is 48.5 Å². The molecule has 0 aliphatic carbocycles. The number of piperazine rings is 2. The fourth-order valence-corrected chi connectivity index (χ4v) is 4.57. The first-order valence-corrected chi connectivity index (χ1v) is 12.2. The molecule has 0 saturated carbocycles. The third-order valence-corrected chi connectivity index (χ3v) is 6.92. The lowest BCUT2D eigenvalue weighted by molar-refractivity contribution is -0.385. The first-order chi connectivity index (χ1) is 18.8. The van der Waals surface area contributed by atoms with Crippen molar-refractivity contribution < 1.29 is 37.0 Å². The van der Waals surface area contributed by atoms with Crippen LogP contribution in [0, 0.1) is 20.2 Å². The number of nitrogens with zero attached hydrogens (tertiary/aromatic N) is 6. The van der Waals surface area contributed by atoms with E-state index in [0.29, 0.717) is 21.2 Å². The van der Waals surface area contributed by atoms with Gasteiger partial charge in [-0.1, -0.05) is 0 Å². The van der Waals surface area contributed by atoms with Crippen LogP contribution in [0.5, 0.6) is 0 Å². The van der Waals surface area contributed by atoms with Crippen molar-refractivity contribution in [2.45, 2.75) is 11.8 Å². The number of amides is 2. The maximum atomic E-state index is 14.8. The van der Waals surface area contributed by atoms with Crippen molar-refractivity contribution in [2.24, 2.45) is 0 Å².